The van der Waals surface area contributed by atoms with E-state index in [2.05, 4.69) is 14.7 Å². The molecule has 0 radical (unpaired) electrons. The highest BCUT2D eigenvalue weighted by atomic mass is 19.4. The molecule has 2 heterocycles. The Morgan fingerprint density at radius 2 is 1.74 bits per heavy atom. The van der Waals surface area contributed by atoms with Crippen LogP contribution in [-0.2, 0) is 0 Å². The van der Waals surface area contributed by atoms with Gasteiger partial charge in [0.1, 0.15) is 11.6 Å². The molecule has 2 aromatic carbocycles. The summed E-state index contributed by atoms with van der Waals surface area (Å²) in [5, 5.41) is 0. The lowest BCUT2D eigenvalue weighted by Gasteiger charge is -2.16. The number of hydrogen-bond donors (Lipinski definition) is 0. The zero-order valence-corrected chi connectivity index (χ0v) is 16.4. The average Bonchev–Trinajstić information content (AvgIpc) is 2.75. The summed E-state index contributed by atoms with van der Waals surface area (Å²) in [5.74, 6) is -0.820. The smallest absolute Gasteiger partial charge is 0.406 e. The first-order valence-electron chi connectivity index (χ1n) is 9.70. The van der Waals surface area contributed by atoms with Crippen LogP contribution in [0.2, 0.25) is 0 Å². The SMILES string of the molecule is Fc1cc(-c2cccc(OC(F)(F)F)c2)ccc1C=C1CCCN=C1c1cccnc1. The number of nitrogens with zero attached hydrogens (tertiary/aromatic N) is 2. The van der Waals surface area contributed by atoms with Crippen molar-refractivity contribution < 1.29 is 22.3 Å². The quantitative estimate of drug-likeness (QED) is 0.449. The van der Waals surface area contributed by atoms with Crippen LogP contribution in [-0.4, -0.2) is 23.6 Å². The summed E-state index contributed by atoms with van der Waals surface area (Å²) in [7, 11) is 0. The third-order valence-corrected chi connectivity index (χ3v) is 4.84. The molecule has 0 saturated carbocycles. The van der Waals surface area contributed by atoms with E-state index in [9.17, 15) is 17.6 Å². The van der Waals surface area contributed by atoms with Crippen molar-refractivity contribution in [2.24, 2.45) is 4.99 Å². The third-order valence-electron chi connectivity index (χ3n) is 4.84. The van der Waals surface area contributed by atoms with Crippen molar-refractivity contribution in [3.05, 3.63) is 89.5 Å². The standard InChI is InChI=1S/C24H18F4N2O/c25-22-14-17(16-4-1-7-21(13-16)31-24(26,27)28)8-9-18(22)12-19-5-3-11-30-23(19)20-6-2-10-29-15-20/h1-2,4,6-10,12-15H,3,5,11H2. The van der Waals surface area contributed by atoms with Gasteiger partial charge in [-0.05, 0) is 65.9 Å². The second kappa shape index (κ2) is 8.71. The van der Waals surface area contributed by atoms with Gasteiger partial charge in [-0.25, -0.2) is 4.39 Å². The second-order valence-electron chi connectivity index (χ2n) is 7.06. The van der Waals surface area contributed by atoms with E-state index >= 15 is 0 Å². The van der Waals surface area contributed by atoms with E-state index in [1.54, 1.807) is 36.7 Å². The number of pyridine rings is 1. The number of aromatic nitrogens is 1. The Hall–Kier alpha value is -3.48. The Morgan fingerprint density at radius 1 is 0.935 bits per heavy atom. The predicted octanol–water partition coefficient (Wildman–Crippen LogP) is 6.45. The summed E-state index contributed by atoms with van der Waals surface area (Å²) in [6, 6.07) is 13.8. The lowest BCUT2D eigenvalue weighted by atomic mass is 9.94. The lowest BCUT2D eigenvalue weighted by molar-refractivity contribution is -0.274. The number of rotatable bonds is 4. The van der Waals surface area contributed by atoms with Crippen LogP contribution in [0.15, 0.2) is 77.6 Å². The molecule has 3 aromatic rings. The van der Waals surface area contributed by atoms with Gasteiger partial charge in [-0.2, -0.15) is 0 Å². The Labute approximate surface area is 176 Å². The third kappa shape index (κ3) is 5.17. The van der Waals surface area contributed by atoms with Gasteiger partial charge < -0.3 is 4.74 Å². The van der Waals surface area contributed by atoms with E-state index in [-0.39, 0.29) is 5.75 Å². The van der Waals surface area contributed by atoms with Crippen LogP contribution in [0.3, 0.4) is 0 Å². The van der Waals surface area contributed by atoms with E-state index < -0.39 is 12.2 Å². The molecule has 158 valence electrons. The minimum atomic E-state index is -4.78. The maximum absolute atomic E-state index is 14.9. The number of allylic oxidation sites excluding steroid dienone is 1. The molecule has 0 amide bonds. The zero-order chi connectivity index (χ0) is 21.8. The largest absolute Gasteiger partial charge is 0.573 e. The van der Waals surface area contributed by atoms with Crippen molar-refractivity contribution in [3.63, 3.8) is 0 Å². The zero-order valence-electron chi connectivity index (χ0n) is 16.4. The van der Waals surface area contributed by atoms with E-state index in [4.69, 9.17) is 0 Å². The summed E-state index contributed by atoms with van der Waals surface area (Å²) >= 11 is 0. The Morgan fingerprint density at radius 3 is 2.48 bits per heavy atom. The van der Waals surface area contributed by atoms with Gasteiger partial charge in [-0.15, -0.1) is 13.2 Å². The van der Waals surface area contributed by atoms with Gasteiger partial charge in [0.2, 0.25) is 0 Å². The van der Waals surface area contributed by atoms with Crippen LogP contribution in [0.25, 0.3) is 17.2 Å². The number of aliphatic imine (C=N–C) groups is 1. The first kappa shape index (κ1) is 20.8. The summed E-state index contributed by atoms with van der Waals surface area (Å²) in [4.78, 5) is 8.72. The number of benzene rings is 2. The Kier molecular flexibility index (Phi) is 5.84. The fourth-order valence-corrected chi connectivity index (χ4v) is 3.48. The Bertz CT molecular complexity index is 1140. The van der Waals surface area contributed by atoms with Crippen molar-refractivity contribution in [2.75, 3.05) is 6.54 Å². The maximum Gasteiger partial charge on any atom is 0.573 e. The average molecular weight is 426 g/mol. The molecule has 0 unspecified atom stereocenters. The number of ether oxygens (including phenoxy) is 1. The normalized spacial score (nSPS) is 15.6. The van der Waals surface area contributed by atoms with Crippen LogP contribution >= 0.6 is 0 Å². The maximum atomic E-state index is 14.9. The van der Waals surface area contributed by atoms with Gasteiger partial charge in [-0.1, -0.05) is 24.3 Å². The monoisotopic (exact) mass is 426 g/mol. The molecule has 0 aliphatic carbocycles. The minimum Gasteiger partial charge on any atom is -0.406 e. The molecule has 1 aliphatic rings. The molecule has 31 heavy (non-hydrogen) atoms. The minimum absolute atomic E-state index is 0.351. The van der Waals surface area contributed by atoms with E-state index in [1.807, 2.05) is 12.1 Å². The van der Waals surface area contributed by atoms with Crippen LogP contribution in [0.1, 0.15) is 24.0 Å². The molecule has 0 atom stereocenters. The van der Waals surface area contributed by atoms with Crippen molar-refractivity contribution in [1.82, 2.24) is 4.98 Å². The summed E-state index contributed by atoms with van der Waals surface area (Å²) in [6.45, 7) is 0.708. The van der Waals surface area contributed by atoms with Gasteiger partial charge >= 0.3 is 6.36 Å². The molecular weight excluding hydrogens is 408 g/mol. The molecule has 1 aromatic heterocycles. The summed E-state index contributed by atoms with van der Waals surface area (Å²) in [6.07, 6.45) is 2.05. The van der Waals surface area contributed by atoms with E-state index in [0.717, 1.165) is 29.7 Å². The molecular formula is C24H18F4N2O. The lowest BCUT2D eigenvalue weighted by Crippen LogP contribution is -2.17. The fourth-order valence-electron chi connectivity index (χ4n) is 3.48. The van der Waals surface area contributed by atoms with Crippen molar-refractivity contribution in [3.8, 4) is 16.9 Å². The highest BCUT2D eigenvalue weighted by Gasteiger charge is 2.31. The summed E-state index contributed by atoms with van der Waals surface area (Å²) < 4.78 is 56.2. The van der Waals surface area contributed by atoms with Crippen molar-refractivity contribution in [2.45, 2.75) is 19.2 Å². The highest BCUT2D eigenvalue weighted by molar-refractivity contribution is 6.15. The van der Waals surface area contributed by atoms with Crippen LogP contribution in [0.4, 0.5) is 17.6 Å². The van der Waals surface area contributed by atoms with Crippen LogP contribution in [0.5, 0.6) is 5.75 Å². The van der Waals surface area contributed by atoms with Gasteiger partial charge in [0, 0.05) is 30.1 Å². The molecule has 4 rings (SSSR count). The molecule has 0 bridgehead atoms. The molecule has 7 heteroatoms. The van der Waals surface area contributed by atoms with Gasteiger partial charge in [0.05, 0.1) is 5.71 Å². The molecule has 1 aliphatic heterocycles. The summed E-state index contributed by atoms with van der Waals surface area (Å²) in [5.41, 5.74) is 3.88. The first-order chi connectivity index (χ1) is 14.9. The molecule has 0 N–H and O–H groups in total. The van der Waals surface area contributed by atoms with Gasteiger partial charge in [0.25, 0.3) is 0 Å². The fraction of sp³-hybridized carbons (Fsp3) is 0.167. The number of halogens is 4. The topological polar surface area (TPSA) is 34.5 Å². The number of hydrogen-bond acceptors (Lipinski definition) is 3. The molecule has 0 saturated heterocycles. The van der Waals surface area contributed by atoms with Gasteiger partial charge in [-0.3, -0.25) is 9.98 Å². The molecule has 3 nitrogen and oxygen atoms in total. The van der Waals surface area contributed by atoms with Gasteiger partial charge in [0.15, 0.2) is 0 Å². The second-order valence-corrected chi connectivity index (χ2v) is 7.06. The van der Waals surface area contributed by atoms with Crippen molar-refractivity contribution in [1.29, 1.82) is 0 Å². The van der Waals surface area contributed by atoms with Crippen LogP contribution < -0.4 is 4.74 Å². The van der Waals surface area contributed by atoms with Crippen LogP contribution in [0, 0.1) is 5.82 Å². The van der Waals surface area contributed by atoms with Crippen molar-refractivity contribution >= 4 is 11.8 Å². The predicted molar refractivity (Wildman–Crippen MR) is 111 cm³/mol. The van der Waals surface area contributed by atoms with E-state index in [1.165, 1.54) is 24.3 Å². The molecule has 0 fully saturated rings. The highest BCUT2D eigenvalue weighted by Crippen LogP contribution is 2.30. The van der Waals surface area contributed by atoms with E-state index in [0.29, 0.717) is 23.2 Å². The number of alkyl halides is 3. The Balaban J connectivity index is 1.63. The first-order valence-corrected chi connectivity index (χ1v) is 9.70. The molecule has 0 spiro atoms.